The summed E-state index contributed by atoms with van der Waals surface area (Å²) in [5, 5.41) is 11.0. The van der Waals surface area contributed by atoms with Crippen LogP contribution in [0.3, 0.4) is 0 Å². The zero-order chi connectivity index (χ0) is 28.2. The van der Waals surface area contributed by atoms with Gasteiger partial charge in [-0.2, -0.15) is 0 Å². The highest BCUT2D eigenvalue weighted by Crippen LogP contribution is 2.42. The molecular formula is C32H48O6Si. The minimum atomic E-state index is -2.05. The normalized spacial score (nSPS) is 29.4. The van der Waals surface area contributed by atoms with Crippen LogP contribution in [0.15, 0.2) is 60.7 Å². The van der Waals surface area contributed by atoms with Gasteiger partial charge >= 0.3 is 0 Å². The quantitative estimate of drug-likeness (QED) is 0.330. The van der Waals surface area contributed by atoms with Gasteiger partial charge in [0.15, 0.2) is 8.32 Å². The summed E-state index contributed by atoms with van der Waals surface area (Å²) in [7, 11) is -2.05. The highest BCUT2D eigenvalue weighted by molar-refractivity contribution is 6.74. The molecule has 2 heterocycles. The third-order valence-electron chi connectivity index (χ3n) is 8.65. The molecule has 4 rings (SSSR count). The maximum Gasteiger partial charge on any atom is 0.192 e. The molecule has 0 unspecified atom stereocenters. The van der Waals surface area contributed by atoms with Crippen LogP contribution in [0.2, 0.25) is 18.1 Å². The molecule has 6 nitrogen and oxygen atoms in total. The van der Waals surface area contributed by atoms with E-state index in [0.29, 0.717) is 19.6 Å². The van der Waals surface area contributed by atoms with Gasteiger partial charge in [-0.05, 0) is 43.1 Å². The molecule has 1 N–H and O–H groups in total. The molecule has 216 valence electrons. The van der Waals surface area contributed by atoms with Gasteiger partial charge in [-0.3, -0.25) is 0 Å². The van der Waals surface area contributed by atoms with E-state index in [0.717, 1.165) is 17.5 Å². The van der Waals surface area contributed by atoms with Crippen LogP contribution in [0.1, 0.15) is 58.6 Å². The molecule has 8 atom stereocenters. The summed E-state index contributed by atoms with van der Waals surface area (Å²) >= 11 is 0. The average molecular weight is 557 g/mol. The fourth-order valence-electron chi connectivity index (χ4n) is 5.21. The van der Waals surface area contributed by atoms with Crippen molar-refractivity contribution in [2.45, 2.75) is 128 Å². The molecular weight excluding hydrogens is 508 g/mol. The highest BCUT2D eigenvalue weighted by Gasteiger charge is 2.51. The highest BCUT2D eigenvalue weighted by atomic mass is 28.4. The van der Waals surface area contributed by atoms with Gasteiger partial charge in [0.25, 0.3) is 0 Å². The summed E-state index contributed by atoms with van der Waals surface area (Å²) in [6.07, 6.45) is -0.837. The number of hydrogen-bond acceptors (Lipinski definition) is 6. The van der Waals surface area contributed by atoms with Gasteiger partial charge in [-0.15, -0.1) is 0 Å². The van der Waals surface area contributed by atoms with Crippen LogP contribution in [0.4, 0.5) is 0 Å². The molecule has 0 spiro atoms. The average Bonchev–Trinajstić information content (AvgIpc) is 3.49. The van der Waals surface area contributed by atoms with Crippen LogP contribution in [-0.4, -0.2) is 62.3 Å². The van der Waals surface area contributed by atoms with Crippen molar-refractivity contribution in [2.24, 2.45) is 0 Å². The van der Waals surface area contributed by atoms with Crippen molar-refractivity contribution in [3.8, 4) is 0 Å². The molecule has 0 bridgehead atoms. The Labute approximate surface area is 236 Å². The lowest BCUT2D eigenvalue weighted by molar-refractivity contribution is -0.135. The summed E-state index contributed by atoms with van der Waals surface area (Å²) < 4.78 is 32.4. The summed E-state index contributed by atoms with van der Waals surface area (Å²) in [6.45, 7) is 16.4. The molecule has 2 aromatic rings. The van der Waals surface area contributed by atoms with Crippen molar-refractivity contribution >= 4 is 8.32 Å². The third kappa shape index (κ3) is 7.79. The summed E-state index contributed by atoms with van der Waals surface area (Å²) in [4.78, 5) is 0. The second-order valence-electron chi connectivity index (χ2n) is 12.7. The van der Waals surface area contributed by atoms with Gasteiger partial charge in [0, 0.05) is 12.8 Å². The molecule has 39 heavy (non-hydrogen) atoms. The van der Waals surface area contributed by atoms with Gasteiger partial charge in [0.1, 0.15) is 12.2 Å². The van der Waals surface area contributed by atoms with Gasteiger partial charge < -0.3 is 28.5 Å². The van der Waals surface area contributed by atoms with Crippen LogP contribution < -0.4 is 0 Å². The number of hydrogen-bond donors (Lipinski definition) is 1. The molecule has 2 aliphatic rings. The van der Waals surface area contributed by atoms with Gasteiger partial charge in [-0.25, -0.2) is 0 Å². The topological polar surface area (TPSA) is 66.4 Å². The predicted molar refractivity (Wildman–Crippen MR) is 156 cm³/mol. The Bertz CT molecular complexity index is 1010. The zero-order valence-electron chi connectivity index (χ0n) is 24.7. The zero-order valence-corrected chi connectivity index (χ0v) is 25.7. The first-order chi connectivity index (χ1) is 18.4. The minimum Gasteiger partial charge on any atom is -0.411 e. The monoisotopic (exact) mass is 556 g/mol. The van der Waals surface area contributed by atoms with Crippen molar-refractivity contribution in [2.75, 3.05) is 0 Å². The van der Waals surface area contributed by atoms with E-state index in [1.807, 2.05) is 55.5 Å². The first kappa shape index (κ1) is 30.4. The van der Waals surface area contributed by atoms with E-state index in [1.54, 1.807) is 0 Å². The van der Waals surface area contributed by atoms with E-state index in [2.05, 4.69) is 52.9 Å². The molecule has 2 fully saturated rings. The van der Waals surface area contributed by atoms with Gasteiger partial charge in [0.05, 0.1) is 49.8 Å². The van der Waals surface area contributed by atoms with Gasteiger partial charge in [0.2, 0.25) is 0 Å². The van der Waals surface area contributed by atoms with Crippen LogP contribution in [0.5, 0.6) is 0 Å². The predicted octanol–water partition coefficient (Wildman–Crippen LogP) is 6.26. The number of ether oxygens (including phenoxy) is 4. The second-order valence-corrected chi connectivity index (χ2v) is 17.5. The van der Waals surface area contributed by atoms with Crippen LogP contribution in [0.25, 0.3) is 0 Å². The number of aliphatic hydroxyl groups excluding tert-OH is 1. The van der Waals surface area contributed by atoms with Crippen molar-refractivity contribution in [1.82, 2.24) is 0 Å². The smallest absolute Gasteiger partial charge is 0.192 e. The SMILES string of the molecule is C[C@H](OCc1ccccc1)[C@H]1O[C@@H]([C@H]2C[C@H](O)[C@@H]([C@H](C)OCc3ccccc3)O2)C[C@@H]1O[Si](C)(C)C(C)(C)C. The second kappa shape index (κ2) is 12.9. The van der Waals surface area contributed by atoms with Crippen molar-refractivity contribution in [3.63, 3.8) is 0 Å². The summed E-state index contributed by atoms with van der Waals surface area (Å²) in [6, 6.07) is 20.3. The molecule has 0 aromatic heterocycles. The molecule has 2 saturated heterocycles. The lowest BCUT2D eigenvalue weighted by Crippen LogP contribution is -2.48. The van der Waals surface area contributed by atoms with E-state index < -0.39 is 20.5 Å². The molecule has 7 heteroatoms. The van der Waals surface area contributed by atoms with Crippen LogP contribution >= 0.6 is 0 Å². The van der Waals surface area contributed by atoms with E-state index in [4.69, 9.17) is 23.4 Å². The van der Waals surface area contributed by atoms with Crippen LogP contribution in [-0.2, 0) is 36.6 Å². The van der Waals surface area contributed by atoms with Crippen molar-refractivity contribution < 1.29 is 28.5 Å². The molecule has 2 aliphatic heterocycles. The first-order valence-corrected chi connectivity index (χ1v) is 17.3. The fraction of sp³-hybridized carbons (Fsp3) is 0.625. The van der Waals surface area contributed by atoms with Crippen LogP contribution in [0, 0.1) is 0 Å². The van der Waals surface area contributed by atoms with Crippen molar-refractivity contribution in [1.29, 1.82) is 0 Å². The molecule has 0 saturated carbocycles. The lowest BCUT2D eigenvalue weighted by Gasteiger charge is -2.40. The third-order valence-corrected chi connectivity index (χ3v) is 13.2. The van der Waals surface area contributed by atoms with E-state index in [9.17, 15) is 5.11 Å². The Morgan fingerprint density at radius 1 is 0.795 bits per heavy atom. The van der Waals surface area contributed by atoms with Gasteiger partial charge in [-0.1, -0.05) is 81.4 Å². The Kier molecular flexibility index (Phi) is 10.1. The Morgan fingerprint density at radius 3 is 1.77 bits per heavy atom. The molecule has 0 aliphatic carbocycles. The number of aliphatic hydroxyl groups is 1. The standard InChI is InChI=1S/C32H48O6Si/c1-22(34-20-24-14-10-8-11-15-24)30-26(33)18-27(36-30)28-19-29(38-39(6,7)32(3,4)5)31(37-28)23(2)35-21-25-16-12-9-13-17-25/h8-17,22-23,26-31,33H,18-21H2,1-7H3/t22-,23-,26-,27+,28+,29-,30+,31+/m0/s1. The molecule has 2 aromatic carbocycles. The lowest BCUT2D eigenvalue weighted by atomic mass is 10.0. The van der Waals surface area contributed by atoms with E-state index in [-0.39, 0.29) is 41.7 Å². The minimum absolute atomic E-state index is 0.0838. The maximum atomic E-state index is 10.9. The Morgan fingerprint density at radius 2 is 1.26 bits per heavy atom. The Hall–Kier alpha value is -1.58. The summed E-state index contributed by atoms with van der Waals surface area (Å²) in [5.41, 5.74) is 2.24. The first-order valence-electron chi connectivity index (χ1n) is 14.4. The van der Waals surface area contributed by atoms with E-state index in [1.165, 1.54) is 0 Å². The Balaban J connectivity index is 1.41. The summed E-state index contributed by atoms with van der Waals surface area (Å²) in [5.74, 6) is 0. The number of rotatable bonds is 11. The van der Waals surface area contributed by atoms with E-state index >= 15 is 0 Å². The number of benzene rings is 2. The maximum absolute atomic E-state index is 10.9. The van der Waals surface area contributed by atoms with Crippen molar-refractivity contribution in [3.05, 3.63) is 71.8 Å². The largest absolute Gasteiger partial charge is 0.411 e. The molecule has 0 radical (unpaired) electrons. The fourth-order valence-corrected chi connectivity index (χ4v) is 6.55. The molecule has 0 amide bonds.